The molecular formula is C15H9F3N4O2. The van der Waals surface area contributed by atoms with Gasteiger partial charge in [-0.15, -0.1) is 4.91 Å². The summed E-state index contributed by atoms with van der Waals surface area (Å²) in [5.74, 6) is -0.680. The van der Waals surface area contributed by atoms with Crippen molar-refractivity contribution in [3.63, 3.8) is 0 Å². The summed E-state index contributed by atoms with van der Waals surface area (Å²) in [5, 5.41) is 11.5. The molecule has 0 atom stereocenters. The Hall–Kier alpha value is -3.28. The number of benzene rings is 1. The summed E-state index contributed by atoms with van der Waals surface area (Å²) in [4.78, 5) is 27.3. The summed E-state index contributed by atoms with van der Waals surface area (Å²) in [6, 6.07) is 6.76. The van der Waals surface area contributed by atoms with E-state index in [1.807, 2.05) is 0 Å². The zero-order valence-electron chi connectivity index (χ0n) is 12.2. The first-order valence-corrected chi connectivity index (χ1v) is 6.49. The Kier molecular flexibility index (Phi) is 4.59. The summed E-state index contributed by atoms with van der Waals surface area (Å²) >= 11 is 0. The average molecular weight is 334 g/mol. The summed E-state index contributed by atoms with van der Waals surface area (Å²) in [6.07, 6.45) is -3.56. The number of rotatable bonds is 3. The molecule has 2 aromatic rings. The summed E-state index contributed by atoms with van der Waals surface area (Å²) in [5.41, 5.74) is -1.90. The smallest absolute Gasteiger partial charge is 0.274 e. The number of halogens is 3. The lowest BCUT2D eigenvalue weighted by Gasteiger charge is -2.21. The number of hydrogen-bond acceptors (Lipinski definition) is 5. The van der Waals surface area contributed by atoms with Gasteiger partial charge in [0.2, 0.25) is 5.91 Å². The average Bonchev–Trinajstić information content (AvgIpc) is 2.54. The fourth-order valence-electron chi connectivity index (χ4n) is 2.07. The summed E-state index contributed by atoms with van der Waals surface area (Å²) < 4.78 is 39.2. The van der Waals surface area contributed by atoms with Crippen LogP contribution in [0.2, 0.25) is 0 Å². The largest absolute Gasteiger partial charge is 0.417 e. The van der Waals surface area contributed by atoms with E-state index in [9.17, 15) is 22.9 Å². The maximum absolute atomic E-state index is 13.1. The van der Waals surface area contributed by atoms with Gasteiger partial charge in [0.15, 0.2) is 0 Å². The molecule has 0 N–H and O–H groups in total. The molecule has 1 heterocycles. The van der Waals surface area contributed by atoms with Crippen molar-refractivity contribution in [1.82, 2.24) is 4.98 Å². The van der Waals surface area contributed by atoms with Crippen LogP contribution in [-0.2, 0) is 11.0 Å². The first-order chi connectivity index (χ1) is 11.3. The molecule has 9 heteroatoms. The first kappa shape index (κ1) is 17.1. The standard InChI is InChI=1S/C15H9F3N4O2/c1-9(23)22(14-6-11(21-24)4-5-20-14)12-3-2-10(8-19)13(7-12)15(16,17)18/h2-7H,1H3. The molecular weight excluding hydrogens is 325 g/mol. The number of carbonyl (C=O) groups is 1. The quantitative estimate of drug-likeness (QED) is 0.792. The minimum atomic E-state index is -4.76. The molecule has 24 heavy (non-hydrogen) atoms. The van der Waals surface area contributed by atoms with Crippen LogP contribution in [0.3, 0.4) is 0 Å². The molecule has 0 aliphatic heterocycles. The van der Waals surface area contributed by atoms with E-state index in [0.717, 1.165) is 17.9 Å². The lowest BCUT2D eigenvalue weighted by atomic mass is 10.1. The predicted molar refractivity (Wildman–Crippen MR) is 78.7 cm³/mol. The lowest BCUT2D eigenvalue weighted by molar-refractivity contribution is -0.137. The Labute approximate surface area is 134 Å². The predicted octanol–water partition coefficient (Wildman–Crippen LogP) is 4.05. The van der Waals surface area contributed by atoms with Gasteiger partial charge in [0.05, 0.1) is 22.9 Å². The van der Waals surface area contributed by atoms with Crippen LogP contribution in [0.1, 0.15) is 18.1 Å². The Morgan fingerprint density at radius 1 is 1.29 bits per heavy atom. The van der Waals surface area contributed by atoms with Gasteiger partial charge in [0, 0.05) is 19.2 Å². The van der Waals surface area contributed by atoms with E-state index in [4.69, 9.17) is 5.26 Å². The number of aromatic nitrogens is 1. The van der Waals surface area contributed by atoms with Gasteiger partial charge in [-0.2, -0.15) is 18.4 Å². The third kappa shape index (κ3) is 3.38. The highest BCUT2D eigenvalue weighted by Gasteiger charge is 2.34. The fourth-order valence-corrected chi connectivity index (χ4v) is 2.07. The highest BCUT2D eigenvalue weighted by Crippen LogP contribution is 2.36. The molecule has 0 saturated heterocycles. The SMILES string of the molecule is CC(=O)N(c1ccc(C#N)c(C(F)(F)F)c1)c1cc(N=O)ccn1. The number of nitriles is 1. The number of nitrogens with zero attached hydrogens (tertiary/aromatic N) is 4. The maximum Gasteiger partial charge on any atom is 0.417 e. The minimum Gasteiger partial charge on any atom is -0.274 e. The van der Waals surface area contributed by atoms with E-state index in [1.54, 1.807) is 0 Å². The normalized spacial score (nSPS) is 10.8. The molecule has 1 aromatic carbocycles. The second kappa shape index (κ2) is 6.45. The van der Waals surface area contributed by atoms with Crippen LogP contribution >= 0.6 is 0 Å². The maximum atomic E-state index is 13.1. The molecule has 0 bridgehead atoms. The van der Waals surface area contributed by atoms with Gasteiger partial charge in [-0.05, 0) is 29.4 Å². The van der Waals surface area contributed by atoms with Crippen molar-refractivity contribution in [2.45, 2.75) is 13.1 Å². The van der Waals surface area contributed by atoms with E-state index in [1.165, 1.54) is 30.5 Å². The van der Waals surface area contributed by atoms with Gasteiger partial charge >= 0.3 is 6.18 Å². The molecule has 6 nitrogen and oxygen atoms in total. The van der Waals surface area contributed by atoms with E-state index in [2.05, 4.69) is 10.2 Å². The van der Waals surface area contributed by atoms with E-state index >= 15 is 0 Å². The monoisotopic (exact) mass is 334 g/mol. The molecule has 0 spiro atoms. The summed E-state index contributed by atoms with van der Waals surface area (Å²) in [6.45, 7) is 1.13. The van der Waals surface area contributed by atoms with Crippen LogP contribution in [0.15, 0.2) is 41.7 Å². The van der Waals surface area contributed by atoms with Crippen molar-refractivity contribution in [1.29, 1.82) is 5.26 Å². The molecule has 0 radical (unpaired) electrons. The second-order valence-corrected chi connectivity index (χ2v) is 4.66. The number of hydrogen-bond donors (Lipinski definition) is 0. The zero-order valence-corrected chi connectivity index (χ0v) is 12.2. The topological polar surface area (TPSA) is 86.4 Å². The van der Waals surface area contributed by atoms with Crippen molar-refractivity contribution in [2.75, 3.05) is 4.90 Å². The van der Waals surface area contributed by atoms with E-state index < -0.39 is 23.2 Å². The van der Waals surface area contributed by atoms with Gasteiger partial charge in [-0.3, -0.25) is 9.69 Å². The van der Waals surface area contributed by atoms with Crippen molar-refractivity contribution in [2.24, 2.45) is 5.18 Å². The third-order valence-electron chi connectivity index (χ3n) is 3.07. The van der Waals surface area contributed by atoms with Gasteiger partial charge in [0.1, 0.15) is 11.5 Å². The summed E-state index contributed by atoms with van der Waals surface area (Å²) in [7, 11) is 0. The van der Waals surface area contributed by atoms with Crippen LogP contribution in [0.25, 0.3) is 0 Å². The van der Waals surface area contributed by atoms with Gasteiger partial charge in [-0.25, -0.2) is 4.98 Å². The van der Waals surface area contributed by atoms with Crippen LogP contribution in [0, 0.1) is 16.2 Å². The number of anilines is 2. The Bertz CT molecular complexity index is 843. The van der Waals surface area contributed by atoms with Crippen molar-refractivity contribution >= 4 is 23.1 Å². The van der Waals surface area contributed by atoms with Gasteiger partial charge in [-0.1, -0.05) is 0 Å². The Morgan fingerprint density at radius 3 is 2.54 bits per heavy atom. The van der Waals surface area contributed by atoms with Crippen LogP contribution in [0.5, 0.6) is 0 Å². The van der Waals surface area contributed by atoms with Gasteiger partial charge < -0.3 is 0 Å². The number of pyridine rings is 1. The molecule has 0 unspecified atom stereocenters. The molecule has 0 saturated carbocycles. The number of carbonyl (C=O) groups excluding carboxylic acids is 1. The fraction of sp³-hybridized carbons (Fsp3) is 0.133. The van der Waals surface area contributed by atoms with Crippen LogP contribution in [0.4, 0.5) is 30.4 Å². The zero-order chi connectivity index (χ0) is 17.9. The van der Waals surface area contributed by atoms with Crippen LogP contribution in [-0.4, -0.2) is 10.9 Å². The molecule has 1 aromatic heterocycles. The Morgan fingerprint density at radius 2 is 2.00 bits per heavy atom. The Balaban J connectivity index is 2.63. The highest BCUT2D eigenvalue weighted by atomic mass is 19.4. The van der Waals surface area contributed by atoms with Crippen molar-refractivity contribution in [3.8, 4) is 6.07 Å². The minimum absolute atomic E-state index is 0.0315. The molecule has 1 amide bonds. The van der Waals surface area contributed by atoms with E-state index in [-0.39, 0.29) is 17.2 Å². The third-order valence-corrected chi connectivity index (χ3v) is 3.07. The molecule has 2 rings (SSSR count). The molecule has 0 aliphatic rings. The first-order valence-electron chi connectivity index (χ1n) is 6.49. The van der Waals surface area contributed by atoms with Gasteiger partial charge in [0.25, 0.3) is 0 Å². The van der Waals surface area contributed by atoms with Crippen molar-refractivity contribution < 1.29 is 18.0 Å². The molecule has 0 aliphatic carbocycles. The lowest BCUT2D eigenvalue weighted by Crippen LogP contribution is -2.24. The van der Waals surface area contributed by atoms with Crippen LogP contribution < -0.4 is 4.90 Å². The second-order valence-electron chi connectivity index (χ2n) is 4.66. The highest BCUT2D eigenvalue weighted by molar-refractivity contribution is 5.98. The molecule has 122 valence electrons. The van der Waals surface area contributed by atoms with E-state index in [0.29, 0.717) is 6.07 Å². The van der Waals surface area contributed by atoms with Crippen molar-refractivity contribution in [3.05, 3.63) is 52.6 Å². The number of nitroso groups, excluding NO2 is 1. The number of amides is 1. The number of alkyl halides is 3. The molecule has 0 fully saturated rings.